The zero-order chi connectivity index (χ0) is 19.8. The number of aryl methyl sites for hydroxylation is 1. The molecule has 0 fully saturated rings. The van der Waals surface area contributed by atoms with Gasteiger partial charge in [-0.3, -0.25) is 0 Å². The molecule has 27 heavy (non-hydrogen) atoms. The standard InChI is InChI=1S/C20H16F3NO3/c1-2-12-10-24(15-6-7-16(19(26)27)18(25)9-15)11-17(12)13-4-3-5-14(8-13)20(21,22)23/h3-11,25H,2H2,1H3,(H,26,27). The molecule has 2 aromatic carbocycles. The molecule has 4 nitrogen and oxygen atoms in total. The molecule has 0 unspecified atom stereocenters. The van der Waals surface area contributed by atoms with Crippen molar-refractivity contribution < 1.29 is 28.2 Å². The van der Waals surface area contributed by atoms with Crippen molar-refractivity contribution >= 4 is 5.97 Å². The van der Waals surface area contributed by atoms with Crippen molar-refractivity contribution in [3.8, 4) is 22.6 Å². The van der Waals surface area contributed by atoms with E-state index in [1.54, 1.807) is 23.0 Å². The fourth-order valence-electron chi connectivity index (χ4n) is 2.91. The number of phenols is 1. The van der Waals surface area contributed by atoms with Gasteiger partial charge in [0.15, 0.2) is 0 Å². The number of nitrogens with zero attached hydrogens (tertiary/aromatic N) is 1. The van der Waals surface area contributed by atoms with Crippen LogP contribution in [0.25, 0.3) is 16.8 Å². The smallest absolute Gasteiger partial charge is 0.416 e. The maximum absolute atomic E-state index is 13.0. The number of carboxylic acids is 1. The number of halogens is 3. The first kappa shape index (κ1) is 18.6. The third-order valence-corrected chi connectivity index (χ3v) is 4.30. The molecule has 3 aromatic rings. The summed E-state index contributed by atoms with van der Waals surface area (Å²) in [6.07, 6.45) is -0.407. The maximum Gasteiger partial charge on any atom is 0.416 e. The molecule has 0 radical (unpaired) electrons. The van der Waals surface area contributed by atoms with Gasteiger partial charge in [-0.25, -0.2) is 4.79 Å². The monoisotopic (exact) mass is 375 g/mol. The van der Waals surface area contributed by atoms with Crippen LogP contribution in [-0.4, -0.2) is 20.7 Å². The minimum Gasteiger partial charge on any atom is -0.507 e. The molecule has 140 valence electrons. The molecule has 0 saturated heterocycles. The molecule has 7 heteroatoms. The topological polar surface area (TPSA) is 62.5 Å². The average Bonchev–Trinajstić information content (AvgIpc) is 3.05. The number of aromatic hydroxyl groups is 1. The third-order valence-electron chi connectivity index (χ3n) is 4.30. The minimum atomic E-state index is -4.43. The van der Waals surface area contributed by atoms with Crippen LogP contribution < -0.4 is 0 Å². The summed E-state index contributed by atoms with van der Waals surface area (Å²) in [5.74, 6) is -1.63. The second-order valence-corrected chi connectivity index (χ2v) is 6.04. The summed E-state index contributed by atoms with van der Waals surface area (Å²) in [6.45, 7) is 1.89. The van der Waals surface area contributed by atoms with E-state index < -0.39 is 17.7 Å². The Labute approximate surface area is 153 Å². The number of carboxylic acid groups (broad SMARTS) is 1. The largest absolute Gasteiger partial charge is 0.507 e. The van der Waals surface area contributed by atoms with Crippen molar-refractivity contribution in [3.05, 3.63) is 71.5 Å². The SMILES string of the molecule is CCc1cn(-c2ccc(C(=O)O)c(O)c2)cc1-c1cccc(C(F)(F)F)c1. The Morgan fingerprint density at radius 3 is 2.44 bits per heavy atom. The molecule has 1 aromatic heterocycles. The number of aromatic nitrogens is 1. The fourth-order valence-corrected chi connectivity index (χ4v) is 2.91. The quantitative estimate of drug-likeness (QED) is 0.665. The predicted molar refractivity (Wildman–Crippen MR) is 94.2 cm³/mol. The van der Waals surface area contributed by atoms with Crippen LogP contribution >= 0.6 is 0 Å². The molecular weight excluding hydrogens is 359 g/mol. The summed E-state index contributed by atoms with van der Waals surface area (Å²) >= 11 is 0. The van der Waals surface area contributed by atoms with E-state index in [9.17, 15) is 23.1 Å². The van der Waals surface area contributed by atoms with Crippen LogP contribution in [0.15, 0.2) is 54.9 Å². The van der Waals surface area contributed by atoms with Crippen molar-refractivity contribution in [1.82, 2.24) is 4.57 Å². The Bertz CT molecular complexity index is 1010. The first-order valence-corrected chi connectivity index (χ1v) is 8.16. The number of benzene rings is 2. The molecular formula is C20H16F3NO3. The van der Waals surface area contributed by atoms with E-state index in [2.05, 4.69) is 0 Å². The normalized spacial score (nSPS) is 11.6. The molecule has 0 amide bonds. The molecule has 3 rings (SSSR count). The minimum absolute atomic E-state index is 0.222. The molecule has 0 bridgehead atoms. The summed E-state index contributed by atoms with van der Waals surface area (Å²) in [5.41, 5.74) is 1.47. The van der Waals surface area contributed by atoms with Gasteiger partial charge in [0.2, 0.25) is 0 Å². The van der Waals surface area contributed by atoms with Gasteiger partial charge in [0.05, 0.1) is 5.56 Å². The van der Waals surface area contributed by atoms with E-state index in [-0.39, 0.29) is 11.3 Å². The van der Waals surface area contributed by atoms with Crippen molar-refractivity contribution in [1.29, 1.82) is 0 Å². The van der Waals surface area contributed by atoms with Crippen LogP contribution in [0.2, 0.25) is 0 Å². The molecule has 1 heterocycles. The maximum atomic E-state index is 13.0. The van der Waals surface area contributed by atoms with E-state index in [4.69, 9.17) is 5.11 Å². The number of carbonyl (C=O) groups is 1. The van der Waals surface area contributed by atoms with Crippen LogP contribution in [0.1, 0.15) is 28.4 Å². The number of alkyl halides is 3. The Morgan fingerprint density at radius 2 is 1.85 bits per heavy atom. The molecule has 0 aliphatic heterocycles. The molecule has 0 saturated carbocycles. The van der Waals surface area contributed by atoms with Gasteiger partial charge >= 0.3 is 12.1 Å². The van der Waals surface area contributed by atoms with Crippen LogP contribution in [0.5, 0.6) is 5.75 Å². The van der Waals surface area contributed by atoms with Gasteiger partial charge in [-0.1, -0.05) is 19.1 Å². The number of hydrogen-bond donors (Lipinski definition) is 2. The lowest BCUT2D eigenvalue weighted by Crippen LogP contribution is -2.04. The van der Waals surface area contributed by atoms with Gasteiger partial charge in [-0.2, -0.15) is 13.2 Å². The number of hydrogen-bond acceptors (Lipinski definition) is 2. The van der Waals surface area contributed by atoms with E-state index in [1.165, 1.54) is 24.3 Å². The highest BCUT2D eigenvalue weighted by molar-refractivity contribution is 5.91. The molecule has 0 aliphatic rings. The molecule has 2 N–H and O–H groups in total. The number of aromatic carboxylic acids is 1. The van der Waals surface area contributed by atoms with Gasteiger partial charge < -0.3 is 14.8 Å². The number of rotatable bonds is 4. The van der Waals surface area contributed by atoms with E-state index in [0.717, 1.165) is 17.7 Å². The zero-order valence-corrected chi connectivity index (χ0v) is 14.3. The second-order valence-electron chi connectivity index (χ2n) is 6.04. The van der Waals surface area contributed by atoms with E-state index in [1.807, 2.05) is 6.92 Å². The summed E-state index contributed by atoms with van der Waals surface area (Å²) in [7, 11) is 0. The lowest BCUT2D eigenvalue weighted by molar-refractivity contribution is -0.137. The van der Waals surface area contributed by atoms with Gasteiger partial charge in [-0.05, 0) is 41.8 Å². The first-order valence-electron chi connectivity index (χ1n) is 8.16. The Morgan fingerprint density at radius 1 is 1.11 bits per heavy atom. The molecule has 0 aliphatic carbocycles. The predicted octanol–water partition coefficient (Wildman–Crippen LogP) is 5.13. The van der Waals surface area contributed by atoms with Crippen molar-refractivity contribution in [2.75, 3.05) is 0 Å². The molecule has 0 spiro atoms. The Kier molecular flexibility index (Phi) is 4.70. The van der Waals surface area contributed by atoms with Crippen molar-refractivity contribution in [2.45, 2.75) is 19.5 Å². The third kappa shape index (κ3) is 3.67. The van der Waals surface area contributed by atoms with Crippen LogP contribution in [-0.2, 0) is 12.6 Å². The van der Waals surface area contributed by atoms with Crippen molar-refractivity contribution in [2.24, 2.45) is 0 Å². The molecule has 0 atom stereocenters. The van der Waals surface area contributed by atoms with Crippen LogP contribution in [0.4, 0.5) is 13.2 Å². The Balaban J connectivity index is 2.07. The summed E-state index contributed by atoms with van der Waals surface area (Å²) in [5, 5.41) is 18.9. The van der Waals surface area contributed by atoms with Gasteiger partial charge in [0.1, 0.15) is 11.3 Å². The van der Waals surface area contributed by atoms with Crippen LogP contribution in [0.3, 0.4) is 0 Å². The average molecular weight is 375 g/mol. The highest BCUT2D eigenvalue weighted by atomic mass is 19.4. The van der Waals surface area contributed by atoms with E-state index >= 15 is 0 Å². The lowest BCUT2D eigenvalue weighted by Gasteiger charge is -2.09. The van der Waals surface area contributed by atoms with Gasteiger partial charge in [0.25, 0.3) is 0 Å². The van der Waals surface area contributed by atoms with E-state index in [0.29, 0.717) is 23.2 Å². The second kappa shape index (κ2) is 6.83. The summed E-state index contributed by atoms with van der Waals surface area (Å²) in [6, 6.07) is 9.21. The lowest BCUT2D eigenvalue weighted by atomic mass is 10.0. The van der Waals surface area contributed by atoms with Crippen molar-refractivity contribution in [3.63, 3.8) is 0 Å². The zero-order valence-electron chi connectivity index (χ0n) is 14.3. The Hall–Kier alpha value is -3.22. The summed E-state index contributed by atoms with van der Waals surface area (Å²) < 4.78 is 40.7. The highest BCUT2D eigenvalue weighted by Gasteiger charge is 2.30. The fraction of sp³-hybridized carbons (Fsp3) is 0.150. The van der Waals surface area contributed by atoms with Gasteiger partial charge in [0, 0.05) is 29.7 Å². The van der Waals surface area contributed by atoms with Gasteiger partial charge in [-0.15, -0.1) is 0 Å². The summed E-state index contributed by atoms with van der Waals surface area (Å²) in [4.78, 5) is 11.0. The highest BCUT2D eigenvalue weighted by Crippen LogP contribution is 2.34. The van der Waals surface area contributed by atoms with Crippen LogP contribution in [0, 0.1) is 0 Å². The first-order chi connectivity index (χ1) is 12.7.